The van der Waals surface area contributed by atoms with E-state index in [0.717, 1.165) is 17.8 Å². The number of nitrogens with zero attached hydrogens (tertiary/aromatic N) is 3. The summed E-state index contributed by atoms with van der Waals surface area (Å²) in [6, 6.07) is 6.23. The van der Waals surface area contributed by atoms with Gasteiger partial charge in [-0.15, -0.1) is 11.3 Å². The van der Waals surface area contributed by atoms with Gasteiger partial charge in [0, 0.05) is 18.5 Å². The molecule has 0 bridgehead atoms. The molecule has 2 amide bonds. The molecule has 2 fully saturated rings. The average molecular weight is 458 g/mol. The third kappa shape index (κ3) is 3.59. The summed E-state index contributed by atoms with van der Waals surface area (Å²) in [7, 11) is 0. The highest BCUT2D eigenvalue weighted by Gasteiger charge is 2.54. The van der Waals surface area contributed by atoms with Crippen LogP contribution in [0, 0.1) is 18.7 Å². The van der Waals surface area contributed by atoms with Crippen molar-refractivity contribution in [1.29, 1.82) is 0 Å². The summed E-state index contributed by atoms with van der Waals surface area (Å²) in [6.45, 7) is 1.76. The van der Waals surface area contributed by atoms with Crippen molar-refractivity contribution in [2.45, 2.75) is 38.3 Å². The van der Waals surface area contributed by atoms with E-state index < -0.39 is 5.91 Å². The molecule has 0 spiro atoms. The first-order valence-corrected chi connectivity index (χ1v) is 11.6. The number of thiazole rings is 2. The van der Waals surface area contributed by atoms with Gasteiger partial charge in [0.15, 0.2) is 5.13 Å². The molecule has 1 aromatic carbocycles. The average Bonchev–Trinajstić information content (AvgIpc) is 3.04. The lowest BCUT2D eigenvalue weighted by atomic mass is 10.1. The van der Waals surface area contributed by atoms with Gasteiger partial charge in [-0.3, -0.25) is 9.59 Å². The number of aryl methyl sites for hydroxylation is 1. The van der Waals surface area contributed by atoms with Crippen molar-refractivity contribution in [2.24, 2.45) is 11.7 Å². The zero-order chi connectivity index (χ0) is 21.9. The van der Waals surface area contributed by atoms with Crippen LogP contribution in [0.5, 0.6) is 0 Å². The molecule has 1 saturated carbocycles. The Bertz CT molecular complexity index is 1210. The number of hydrogen-bond acceptors (Lipinski definition) is 7. The van der Waals surface area contributed by atoms with Crippen LogP contribution in [0.1, 0.15) is 43.7 Å². The maximum atomic E-state index is 13.8. The number of anilines is 1. The van der Waals surface area contributed by atoms with Crippen LogP contribution in [-0.4, -0.2) is 38.8 Å². The molecule has 1 saturated heterocycles. The van der Waals surface area contributed by atoms with Gasteiger partial charge in [-0.05, 0) is 43.4 Å². The third-order valence-electron chi connectivity index (χ3n) is 5.85. The van der Waals surface area contributed by atoms with Crippen LogP contribution in [0.2, 0.25) is 0 Å². The molecule has 0 radical (unpaired) electrons. The normalized spacial score (nSPS) is 21.9. The van der Waals surface area contributed by atoms with Gasteiger partial charge in [-0.25, -0.2) is 14.4 Å². The number of rotatable bonds is 5. The summed E-state index contributed by atoms with van der Waals surface area (Å²) in [5.41, 5.74) is 12.8. The van der Waals surface area contributed by atoms with E-state index >= 15 is 0 Å². The van der Waals surface area contributed by atoms with Crippen LogP contribution in [0.25, 0.3) is 10.4 Å². The number of carbonyl (C=O) groups excluding carboxylic acids is 2. The van der Waals surface area contributed by atoms with E-state index in [9.17, 15) is 14.0 Å². The Kier molecular flexibility index (Phi) is 4.78. The lowest BCUT2D eigenvalue weighted by Gasteiger charge is -2.27. The van der Waals surface area contributed by atoms with E-state index in [2.05, 4.69) is 9.97 Å². The summed E-state index contributed by atoms with van der Waals surface area (Å²) in [6.07, 6.45) is 2.42. The zero-order valence-corrected chi connectivity index (χ0v) is 18.3. The van der Waals surface area contributed by atoms with Gasteiger partial charge >= 0.3 is 0 Å². The quantitative estimate of drug-likeness (QED) is 0.610. The highest BCUT2D eigenvalue weighted by molar-refractivity contribution is 7.19. The molecule has 7 nitrogen and oxygen atoms in total. The summed E-state index contributed by atoms with van der Waals surface area (Å²) < 4.78 is 13.8. The molecule has 1 aliphatic heterocycles. The van der Waals surface area contributed by atoms with Crippen molar-refractivity contribution in [3.63, 3.8) is 0 Å². The standard InChI is InChI=1S/C21H20FN5O2S2/c1-9-17(19(23)28)30-15(25-9)8-13-6-11-7-14(11)27(13)20(29)16-18(31-21(24)26-16)10-3-2-4-12(22)5-10/h2-5,11,13-14H,6-8H2,1H3,(H2,23,28)(H2,24,26)/t11-,13+,14+/m1/s1. The van der Waals surface area contributed by atoms with Gasteiger partial charge in [-0.2, -0.15) is 0 Å². The van der Waals surface area contributed by atoms with Crippen molar-refractivity contribution >= 4 is 39.6 Å². The molecular formula is C21H20FN5O2S2. The fourth-order valence-corrected chi connectivity index (χ4v) is 6.26. The van der Waals surface area contributed by atoms with E-state index in [0.29, 0.717) is 33.4 Å². The Balaban J connectivity index is 1.45. The van der Waals surface area contributed by atoms with E-state index in [1.165, 1.54) is 34.8 Å². The van der Waals surface area contributed by atoms with Crippen LogP contribution in [0.15, 0.2) is 24.3 Å². The Morgan fingerprint density at radius 1 is 1.26 bits per heavy atom. The molecule has 31 heavy (non-hydrogen) atoms. The number of hydrogen-bond donors (Lipinski definition) is 2. The molecule has 2 aromatic heterocycles. The van der Waals surface area contributed by atoms with Gasteiger partial charge in [0.05, 0.1) is 15.6 Å². The fourth-order valence-electron chi connectivity index (χ4n) is 4.46. The first-order valence-electron chi connectivity index (χ1n) is 9.93. The Morgan fingerprint density at radius 3 is 2.77 bits per heavy atom. The Labute approximate surface area is 185 Å². The molecule has 160 valence electrons. The second kappa shape index (κ2) is 7.38. The van der Waals surface area contributed by atoms with E-state index in [1.54, 1.807) is 19.1 Å². The number of primary amides is 1. The van der Waals surface area contributed by atoms with Crippen molar-refractivity contribution < 1.29 is 14.0 Å². The summed E-state index contributed by atoms with van der Waals surface area (Å²) in [4.78, 5) is 36.9. The number of amides is 2. The summed E-state index contributed by atoms with van der Waals surface area (Å²) >= 11 is 2.47. The molecule has 3 aromatic rings. The molecule has 2 aliphatic rings. The molecule has 1 aliphatic carbocycles. The minimum absolute atomic E-state index is 0.0363. The largest absolute Gasteiger partial charge is 0.375 e. The second-order valence-corrected chi connectivity index (χ2v) is 10.1. The van der Waals surface area contributed by atoms with Crippen LogP contribution < -0.4 is 11.5 Å². The van der Waals surface area contributed by atoms with Crippen molar-refractivity contribution in [3.05, 3.63) is 51.4 Å². The number of piperidine rings is 1. The van der Waals surface area contributed by atoms with E-state index in [4.69, 9.17) is 11.5 Å². The Morgan fingerprint density at radius 2 is 2.06 bits per heavy atom. The Hall–Kier alpha value is -2.85. The number of halogens is 1. The number of nitrogens with two attached hydrogens (primary N) is 2. The summed E-state index contributed by atoms with van der Waals surface area (Å²) in [5, 5.41) is 1.06. The maximum Gasteiger partial charge on any atom is 0.274 e. The molecule has 3 heterocycles. The predicted molar refractivity (Wildman–Crippen MR) is 117 cm³/mol. The molecule has 4 N–H and O–H groups in total. The van der Waals surface area contributed by atoms with Crippen LogP contribution in [0.3, 0.4) is 0 Å². The first-order chi connectivity index (χ1) is 14.8. The first kappa shape index (κ1) is 20.1. The van der Waals surface area contributed by atoms with Crippen molar-refractivity contribution in [2.75, 3.05) is 5.73 Å². The molecule has 3 atom stereocenters. The SMILES string of the molecule is Cc1nc(C[C@@H]2C[C@@H]3C[C@@H]3N2C(=O)c2nc(N)sc2-c2cccc(F)c2)sc1C(N)=O. The van der Waals surface area contributed by atoms with Crippen LogP contribution >= 0.6 is 22.7 Å². The minimum Gasteiger partial charge on any atom is -0.375 e. The number of benzene rings is 1. The van der Waals surface area contributed by atoms with Crippen molar-refractivity contribution in [1.82, 2.24) is 14.9 Å². The fraction of sp³-hybridized carbons (Fsp3) is 0.333. The number of carbonyl (C=O) groups is 2. The van der Waals surface area contributed by atoms with E-state index in [1.807, 2.05) is 4.90 Å². The monoisotopic (exact) mass is 457 g/mol. The van der Waals surface area contributed by atoms with Crippen LogP contribution in [-0.2, 0) is 6.42 Å². The lowest BCUT2D eigenvalue weighted by Crippen LogP contribution is -2.40. The number of fused-ring (bicyclic) bond motifs is 1. The molecule has 10 heteroatoms. The number of likely N-dealkylation sites (tertiary alicyclic amines) is 1. The molecular weight excluding hydrogens is 437 g/mol. The zero-order valence-electron chi connectivity index (χ0n) is 16.7. The summed E-state index contributed by atoms with van der Waals surface area (Å²) in [5.74, 6) is -0.584. The smallest absolute Gasteiger partial charge is 0.274 e. The van der Waals surface area contributed by atoms with Gasteiger partial charge < -0.3 is 16.4 Å². The van der Waals surface area contributed by atoms with Gasteiger partial charge in [0.25, 0.3) is 11.8 Å². The highest BCUT2D eigenvalue weighted by atomic mass is 32.1. The van der Waals surface area contributed by atoms with Gasteiger partial charge in [-0.1, -0.05) is 23.5 Å². The lowest BCUT2D eigenvalue weighted by molar-refractivity contribution is 0.0695. The second-order valence-electron chi connectivity index (χ2n) is 8.00. The topological polar surface area (TPSA) is 115 Å². The van der Waals surface area contributed by atoms with Crippen molar-refractivity contribution in [3.8, 4) is 10.4 Å². The number of aromatic nitrogens is 2. The third-order valence-corrected chi connectivity index (χ3v) is 7.98. The number of nitrogen functional groups attached to an aromatic ring is 1. The van der Waals surface area contributed by atoms with E-state index in [-0.39, 0.29) is 34.6 Å². The maximum absolute atomic E-state index is 13.8. The molecule has 0 unspecified atom stereocenters. The highest BCUT2D eigenvalue weighted by Crippen LogP contribution is 2.50. The van der Waals surface area contributed by atoms with Crippen LogP contribution in [0.4, 0.5) is 9.52 Å². The van der Waals surface area contributed by atoms with Gasteiger partial charge in [0.1, 0.15) is 16.4 Å². The van der Waals surface area contributed by atoms with Gasteiger partial charge in [0.2, 0.25) is 0 Å². The minimum atomic E-state index is -0.485. The molecule has 5 rings (SSSR count). The predicted octanol–water partition coefficient (Wildman–Crippen LogP) is 3.24.